The van der Waals surface area contributed by atoms with Gasteiger partial charge in [0.15, 0.2) is 12.2 Å². The van der Waals surface area contributed by atoms with Crippen molar-refractivity contribution >= 4 is 41.0 Å². The van der Waals surface area contributed by atoms with Crippen LogP contribution in [0.1, 0.15) is 34.1 Å². The monoisotopic (exact) mass is 456 g/mol. The van der Waals surface area contributed by atoms with Crippen molar-refractivity contribution in [1.82, 2.24) is 0 Å². The molecule has 0 bridgehead atoms. The van der Waals surface area contributed by atoms with Gasteiger partial charge < -0.3 is 28.4 Å². The van der Waals surface area contributed by atoms with Crippen molar-refractivity contribution in [2.75, 3.05) is 6.61 Å². The van der Waals surface area contributed by atoms with Gasteiger partial charge in [0, 0.05) is 39.0 Å². The minimum atomic E-state index is -1.28. The summed E-state index contributed by atoms with van der Waals surface area (Å²) in [6.07, 6.45) is -0.653. The molecule has 0 unspecified atom stereocenters. The molecule has 1 aliphatic heterocycles. The number of ether oxygens (including phenoxy) is 6. The normalized spacial score (nSPS) is 27.5. The second-order valence-corrected chi connectivity index (χ2v) is 7.32. The summed E-state index contributed by atoms with van der Waals surface area (Å²) in [5.41, 5.74) is 0. The summed E-state index contributed by atoms with van der Waals surface area (Å²) in [5.74, 6) is -2.33. The molecule has 31 heavy (non-hydrogen) atoms. The average Bonchev–Trinajstić information content (AvgIpc) is 2.65. The van der Waals surface area contributed by atoms with Crippen LogP contribution < -0.4 is 0 Å². The molecule has 0 N–H and O–H groups in total. The van der Waals surface area contributed by atoms with Gasteiger partial charge in [-0.25, -0.2) is 0 Å². The van der Waals surface area contributed by atoms with Crippen LogP contribution in [-0.2, 0) is 47.6 Å². The Hall–Kier alpha value is -2.79. The maximum Gasteiger partial charge on any atom is 0.303 e. The summed E-state index contributed by atoms with van der Waals surface area (Å²) >= 11 is 5.10. The molecule has 170 valence electrons. The zero-order chi connectivity index (χ0) is 23.1. The molecule has 2 aliphatic rings. The molecule has 1 fully saturated rings. The zero-order valence-corrected chi connectivity index (χ0v) is 18.3. The molecule has 0 aromatic heterocycles. The molecule has 0 amide bonds. The van der Waals surface area contributed by atoms with E-state index in [1.54, 1.807) is 18.2 Å². The van der Waals surface area contributed by atoms with Crippen LogP contribution in [0.25, 0.3) is 0 Å². The van der Waals surface area contributed by atoms with Crippen molar-refractivity contribution in [1.29, 1.82) is 0 Å². The third-order valence-corrected chi connectivity index (χ3v) is 4.44. The van der Waals surface area contributed by atoms with Crippen molar-refractivity contribution < 1.29 is 47.6 Å². The standard InChI is InChI=1S/C20H24O10S/c1-10(21)25-9-16-17(26-11(2)22)18(27-12(3)23)19(28-13(4)24)20(30-16)29-14-5-7-15(31)8-6-14/h5-7,16-20H,8-9H2,1-4H3/t16-,17-,18+,19-,20-/m1/s1. The number of allylic oxidation sites excluding steroid dienone is 3. The Bertz CT molecular complexity index is 802. The highest BCUT2D eigenvalue weighted by molar-refractivity contribution is 7.80. The Labute approximate surface area is 184 Å². The molecule has 1 saturated heterocycles. The summed E-state index contributed by atoms with van der Waals surface area (Å²) in [5, 5.41) is 0. The van der Waals surface area contributed by atoms with Crippen molar-refractivity contribution in [2.24, 2.45) is 0 Å². The molecular weight excluding hydrogens is 432 g/mol. The van der Waals surface area contributed by atoms with Crippen LogP contribution in [0.2, 0.25) is 0 Å². The highest BCUT2D eigenvalue weighted by Crippen LogP contribution is 2.31. The Balaban J connectivity index is 2.40. The summed E-state index contributed by atoms with van der Waals surface area (Å²) in [6, 6.07) is 0. The maximum atomic E-state index is 11.8. The Morgan fingerprint density at radius 3 is 2.00 bits per heavy atom. The van der Waals surface area contributed by atoms with Gasteiger partial charge in [-0.3, -0.25) is 19.2 Å². The lowest BCUT2D eigenvalue weighted by Crippen LogP contribution is -2.62. The largest absolute Gasteiger partial charge is 0.463 e. The Morgan fingerprint density at radius 2 is 1.48 bits per heavy atom. The summed E-state index contributed by atoms with van der Waals surface area (Å²) < 4.78 is 32.7. The van der Waals surface area contributed by atoms with E-state index < -0.39 is 54.6 Å². The molecule has 10 nitrogen and oxygen atoms in total. The quantitative estimate of drug-likeness (QED) is 0.313. The van der Waals surface area contributed by atoms with Crippen LogP contribution in [0.5, 0.6) is 0 Å². The van der Waals surface area contributed by atoms with Crippen LogP contribution >= 0.6 is 12.2 Å². The second-order valence-electron chi connectivity index (χ2n) is 6.80. The SMILES string of the molecule is CC(=O)OC[C@H]1O[C@@H](OC2=CCC(=S)C=C2)[C@H](OC(C)=O)[C@@H](OC(C)=O)[C@@H]1OC(C)=O. The van der Waals surface area contributed by atoms with Gasteiger partial charge >= 0.3 is 23.9 Å². The van der Waals surface area contributed by atoms with Crippen molar-refractivity contribution in [2.45, 2.75) is 64.8 Å². The third kappa shape index (κ3) is 7.44. The molecule has 0 radical (unpaired) electrons. The van der Waals surface area contributed by atoms with E-state index in [4.69, 9.17) is 40.6 Å². The predicted molar refractivity (Wildman–Crippen MR) is 107 cm³/mol. The van der Waals surface area contributed by atoms with Gasteiger partial charge in [0.05, 0.1) is 0 Å². The highest BCUT2D eigenvalue weighted by atomic mass is 32.1. The average molecular weight is 456 g/mol. The van der Waals surface area contributed by atoms with Gasteiger partial charge in [0.2, 0.25) is 12.4 Å². The number of carbonyl (C=O) groups excluding carboxylic acids is 4. The number of carbonyl (C=O) groups is 4. The second kappa shape index (κ2) is 11.0. The Kier molecular flexibility index (Phi) is 8.69. The van der Waals surface area contributed by atoms with E-state index in [1.807, 2.05) is 0 Å². The number of rotatable bonds is 7. The first-order valence-electron chi connectivity index (χ1n) is 9.45. The first kappa shape index (κ1) is 24.5. The molecule has 0 saturated carbocycles. The van der Waals surface area contributed by atoms with E-state index in [-0.39, 0.29) is 6.61 Å². The van der Waals surface area contributed by atoms with E-state index in [2.05, 4.69) is 0 Å². The predicted octanol–water partition coefficient (Wildman–Crippen LogP) is 1.30. The molecule has 0 aromatic rings. The number of hydrogen-bond donors (Lipinski definition) is 0. The van der Waals surface area contributed by atoms with Crippen LogP contribution in [0.4, 0.5) is 0 Å². The molecule has 5 atom stereocenters. The first-order valence-corrected chi connectivity index (χ1v) is 9.86. The molecule has 2 rings (SSSR count). The fourth-order valence-electron chi connectivity index (χ4n) is 3.02. The van der Waals surface area contributed by atoms with Gasteiger partial charge in [-0.2, -0.15) is 0 Å². The molecule has 0 spiro atoms. The lowest BCUT2D eigenvalue weighted by molar-refractivity contribution is -0.299. The highest BCUT2D eigenvalue weighted by Gasteiger charge is 2.53. The minimum Gasteiger partial charge on any atom is -0.463 e. The molecular formula is C20H24O10S. The topological polar surface area (TPSA) is 124 Å². The molecule has 11 heteroatoms. The van der Waals surface area contributed by atoms with Gasteiger partial charge in [0.1, 0.15) is 18.5 Å². The van der Waals surface area contributed by atoms with E-state index >= 15 is 0 Å². The van der Waals surface area contributed by atoms with E-state index in [0.29, 0.717) is 17.0 Å². The summed E-state index contributed by atoms with van der Waals surface area (Å²) in [7, 11) is 0. The van der Waals surface area contributed by atoms with Crippen LogP contribution in [0.3, 0.4) is 0 Å². The van der Waals surface area contributed by atoms with E-state index in [1.165, 1.54) is 6.92 Å². The first-order chi connectivity index (χ1) is 14.6. The van der Waals surface area contributed by atoms with Crippen molar-refractivity contribution in [3.8, 4) is 0 Å². The molecule has 0 aromatic carbocycles. The maximum absolute atomic E-state index is 11.8. The van der Waals surface area contributed by atoms with Gasteiger partial charge in [-0.05, 0) is 18.2 Å². The molecule has 1 aliphatic carbocycles. The fraction of sp³-hybridized carbons (Fsp3) is 0.550. The van der Waals surface area contributed by atoms with Crippen LogP contribution in [-0.4, -0.2) is 66.1 Å². The summed E-state index contributed by atoms with van der Waals surface area (Å²) in [6.45, 7) is 4.33. The zero-order valence-electron chi connectivity index (χ0n) is 17.5. The molecule has 1 heterocycles. The lowest BCUT2D eigenvalue weighted by atomic mass is 9.98. The van der Waals surface area contributed by atoms with Crippen LogP contribution in [0.15, 0.2) is 24.0 Å². The van der Waals surface area contributed by atoms with Crippen LogP contribution in [0, 0.1) is 0 Å². The summed E-state index contributed by atoms with van der Waals surface area (Å²) in [4.78, 5) is 47.2. The van der Waals surface area contributed by atoms with E-state index in [0.717, 1.165) is 20.8 Å². The van der Waals surface area contributed by atoms with E-state index in [9.17, 15) is 19.2 Å². The third-order valence-electron chi connectivity index (χ3n) is 4.14. The lowest BCUT2D eigenvalue weighted by Gasteiger charge is -2.44. The minimum absolute atomic E-state index is 0.323. The number of hydrogen-bond acceptors (Lipinski definition) is 11. The van der Waals surface area contributed by atoms with Gasteiger partial charge in [0.25, 0.3) is 0 Å². The number of esters is 4. The fourth-order valence-corrected chi connectivity index (χ4v) is 3.17. The Morgan fingerprint density at radius 1 is 0.903 bits per heavy atom. The van der Waals surface area contributed by atoms with Gasteiger partial charge in [-0.1, -0.05) is 12.2 Å². The van der Waals surface area contributed by atoms with Crippen molar-refractivity contribution in [3.05, 3.63) is 24.0 Å². The van der Waals surface area contributed by atoms with Crippen molar-refractivity contribution in [3.63, 3.8) is 0 Å². The van der Waals surface area contributed by atoms with Gasteiger partial charge in [-0.15, -0.1) is 0 Å². The smallest absolute Gasteiger partial charge is 0.303 e. The number of thiocarbonyl (C=S) groups is 1.